The van der Waals surface area contributed by atoms with Crippen LogP contribution in [-0.2, 0) is 0 Å². The third-order valence-corrected chi connectivity index (χ3v) is 4.96. The Morgan fingerprint density at radius 1 is 0.750 bits per heavy atom. The number of nitrogens with zero attached hydrogens (tertiary/aromatic N) is 2. The van der Waals surface area contributed by atoms with Crippen LogP contribution in [0.1, 0.15) is 64.3 Å². The van der Waals surface area contributed by atoms with Crippen molar-refractivity contribution in [1.29, 1.82) is 0 Å². The van der Waals surface area contributed by atoms with Crippen molar-refractivity contribution in [3.8, 4) is 0 Å². The SMILES string of the molecule is CCN1C(=O)c2ccc(C(=O)c3ccc4c(c3)C(=O)N(CN)C4=O)cc2C1=O. The second-order valence-corrected chi connectivity index (χ2v) is 6.43. The zero-order valence-corrected chi connectivity index (χ0v) is 14.9. The van der Waals surface area contributed by atoms with Crippen LogP contribution in [0.3, 0.4) is 0 Å². The number of hydrogen-bond acceptors (Lipinski definition) is 6. The summed E-state index contributed by atoms with van der Waals surface area (Å²) in [5.41, 5.74) is 6.60. The Kier molecular flexibility index (Phi) is 3.93. The summed E-state index contributed by atoms with van der Waals surface area (Å²) < 4.78 is 0. The van der Waals surface area contributed by atoms with Crippen LogP contribution in [0.4, 0.5) is 0 Å². The number of fused-ring (bicyclic) bond motifs is 2. The molecular formula is C20H15N3O5. The number of benzene rings is 2. The number of hydrogen-bond donors (Lipinski definition) is 1. The maximum Gasteiger partial charge on any atom is 0.262 e. The van der Waals surface area contributed by atoms with Gasteiger partial charge in [-0.3, -0.25) is 33.8 Å². The van der Waals surface area contributed by atoms with Crippen molar-refractivity contribution >= 4 is 29.4 Å². The Hall–Kier alpha value is -3.65. The molecule has 0 fully saturated rings. The van der Waals surface area contributed by atoms with Crippen molar-refractivity contribution in [2.24, 2.45) is 5.73 Å². The standard InChI is InChI=1S/C20H15N3O5/c1-2-22-17(25)12-5-3-10(7-14(12)19(22)27)16(24)11-4-6-13-15(8-11)20(28)23(9-21)18(13)26/h3-8H,2,9,21H2,1H3. The molecule has 0 saturated carbocycles. The van der Waals surface area contributed by atoms with Crippen molar-refractivity contribution in [2.75, 3.05) is 13.2 Å². The van der Waals surface area contributed by atoms with Crippen LogP contribution in [0.25, 0.3) is 0 Å². The summed E-state index contributed by atoms with van der Waals surface area (Å²) in [4.78, 5) is 63.8. The van der Waals surface area contributed by atoms with Gasteiger partial charge in [0.1, 0.15) is 0 Å². The molecule has 0 atom stereocenters. The molecule has 2 heterocycles. The lowest BCUT2D eigenvalue weighted by Crippen LogP contribution is -2.34. The predicted molar refractivity (Wildman–Crippen MR) is 96.9 cm³/mol. The molecule has 0 radical (unpaired) electrons. The molecule has 8 heteroatoms. The maximum absolute atomic E-state index is 12.9. The number of ketones is 1. The van der Waals surface area contributed by atoms with Crippen LogP contribution in [0.5, 0.6) is 0 Å². The molecule has 0 unspecified atom stereocenters. The van der Waals surface area contributed by atoms with E-state index in [9.17, 15) is 24.0 Å². The highest BCUT2D eigenvalue weighted by atomic mass is 16.2. The fraction of sp³-hybridized carbons (Fsp3) is 0.150. The van der Waals surface area contributed by atoms with E-state index < -0.39 is 23.5 Å². The molecule has 28 heavy (non-hydrogen) atoms. The predicted octanol–water partition coefficient (Wildman–Crippen LogP) is 1.05. The number of carbonyl (C=O) groups is 5. The van der Waals surface area contributed by atoms with Gasteiger partial charge in [0.15, 0.2) is 5.78 Å². The van der Waals surface area contributed by atoms with E-state index in [0.29, 0.717) is 0 Å². The number of amides is 4. The van der Waals surface area contributed by atoms with Crippen molar-refractivity contribution in [1.82, 2.24) is 9.80 Å². The van der Waals surface area contributed by atoms with E-state index in [-0.39, 0.29) is 52.5 Å². The van der Waals surface area contributed by atoms with Gasteiger partial charge in [-0.15, -0.1) is 0 Å². The van der Waals surface area contributed by atoms with Gasteiger partial charge in [-0.25, -0.2) is 0 Å². The zero-order valence-electron chi connectivity index (χ0n) is 14.9. The highest BCUT2D eigenvalue weighted by Gasteiger charge is 2.36. The van der Waals surface area contributed by atoms with Gasteiger partial charge in [0, 0.05) is 17.7 Å². The molecule has 0 aliphatic carbocycles. The largest absolute Gasteiger partial charge is 0.313 e. The molecule has 140 valence electrons. The third kappa shape index (κ3) is 2.31. The lowest BCUT2D eigenvalue weighted by atomic mass is 9.96. The topological polar surface area (TPSA) is 118 Å². The van der Waals surface area contributed by atoms with E-state index >= 15 is 0 Å². The first-order chi connectivity index (χ1) is 13.4. The summed E-state index contributed by atoms with van der Waals surface area (Å²) in [5, 5.41) is 0. The molecule has 2 N–H and O–H groups in total. The van der Waals surface area contributed by atoms with Crippen LogP contribution < -0.4 is 5.73 Å². The number of imide groups is 2. The van der Waals surface area contributed by atoms with E-state index in [4.69, 9.17) is 5.73 Å². The average Bonchev–Trinajstić information content (AvgIpc) is 3.10. The lowest BCUT2D eigenvalue weighted by Gasteiger charge is -2.08. The van der Waals surface area contributed by atoms with Crippen LogP contribution in [0.2, 0.25) is 0 Å². The number of nitrogens with two attached hydrogens (primary N) is 1. The first kappa shape index (κ1) is 17.7. The second-order valence-electron chi connectivity index (χ2n) is 6.43. The summed E-state index contributed by atoms with van der Waals surface area (Å²) in [7, 11) is 0. The summed E-state index contributed by atoms with van der Waals surface area (Å²) in [6.45, 7) is 1.69. The normalized spacial score (nSPS) is 15.4. The van der Waals surface area contributed by atoms with Gasteiger partial charge in [0.05, 0.1) is 28.9 Å². The van der Waals surface area contributed by atoms with Gasteiger partial charge in [0.2, 0.25) is 0 Å². The Morgan fingerprint density at radius 3 is 1.64 bits per heavy atom. The molecule has 2 aromatic rings. The molecule has 0 bridgehead atoms. The summed E-state index contributed by atoms with van der Waals surface area (Å²) in [6, 6.07) is 8.53. The minimum absolute atomic E-state index is 0.117. The maximum atomic E-state index is 12.9. The Balaban J connectivity index is 1.72. The van der Waals surface area contributed by atoms with E-state index in [1.807, 2.05) is 0 Å². The zero-order chi connectivity index (χ0) is 20.2. The highest BCUT2D eigenvalue weighted by molar-refractivity contribution is 6.24. The smallest absolute Gasteiger partial charge is 0.262 e. The summed E-state index contributed by atoms with van der Waals surface area (Å²) in [5.74, 6) is -2.30. The van der Waals surface area contributed by atoms with Crippen LogP contribution in [-0.4, -0.2) is 52.4 Å². The Morgan fingerprint density at radius 2 is 1.18 bits per heavy atom. The van der Waals surface area contributed by atoms with Crippen molar-refractivity contribution in [3.05, 3.63) is 69.8 Å². The summed E-state index contributed by atoms with van der Waals surface area (Å²) >= 11 is 0. The van der Waals surface area contributed by atoms with Gasteiger partial charge < -0.3 is 5.73 Å². The van der Waals surface area contributed by atoms with E-state index in [1.54, 1.807) is 6.92 Å². The first-order valence-electron chi connectivity index (χ1n) is 8.64. The van der Waals surface area contributed by atoms with Crippen LogP contribution in [0, 0.1) is 0 Å². The Bertz CT molecular complexity index is 1020. The van der Waals surface area contributed by atoms with E-state index in [0.717, 1.165) is 9.80 Å². The van der Waals surface area contributed by atoms with Gasteiger partial charge >= 0.3 is 0 Å². The molecule has 4 rings (SSSR count). The fourth-order valence-electron chi connectivity index (χ4n) is 3.48. The molecule has 0 aromatic heterocycles. The lowest BCUT2D eigenvalue weighted by molar-refractivity contribution is 0.0644. The Labute approximate surface area is 159 Å². The van der Waals surface area contributed by atoms with Gasteiger partial charge in [-0.2, -0.15) is 0 Å². The summed E-state index contributed by atoms with van der Waals surface area (Å²) in [6.07, 6.45) is 0. The monoisotopic (exact) mass is 377 g/mol. The molecule has 2 aliphatic rings. The molecular weight excluding hydrogens is 362 g/mol. The minimum atomic E-state index is -0.550. The van der Waals surface area contributed by atoms with Crippen LogP contribution in [0.15, 0.2) is 36.4 Å². The quantitative estimate of drug-likeness (QED) is 0.628. The minimum Gasteiger partial charge on any atom is -0.313 e. The van der Waals surface area contributed by atoms with Crippen LogP contribution >= 0.6 is 0 Å². The molecule has 4 amide bonds. The van der Waals surface area contributed by atoms with E-state index in [2.05, 4.69) is 0 Å². The number of carbonyl (C=O) groups excluding carboxylic acids is 5. The second kappa shape index (κ2) is 6.21. The van der Waals surface area contributed by atoms with E-state index in [1.165, 1.54) is 36.4 Å². The number of rotatable bonds is 4. The van der Waals surface area contributed by atoms with Gasteiger partial charge in [0.25, 0.3) is 23.6 Å². The molecule has 0 saturated heterocycles. The van der Waals surface area contributed by atoms with Crippen molar-refractivity contribution in [3.63, 3.8) is 0 Å². The molecule has 2 aliphatic heterocycles. The van der Waals surface area contributed by atoms with Crippen molar-refractivity contribution < 1.29 is 24.0 Å². The first-order valence-corrected chi connectivity index (χ1v) is 8.64. The molecule has 0 spiro atoms. The average molecular weight is 377 g/mol. The third-order valence-electron chi connectivity index (χ3n) is 4.96. The fourth-order valence-corrected chi connectivity index (χ4v) is 3.48. The van der Waals surface area contributed by atoms with Gasteiger partial charge in [-0.1, -0.05) is 12.1 Å². The van der Waals surface area contributed by atoms with Crippen molar-refractivity contribution in [2.45, 2.75) is 6.92 Å². The van der Waals surface area contributed by atoms with Gasteiger partial charge in [-0.05, 0) is 31.2 Å². The highest BCUT2D eigenvalue weighted by Crippen LogP contribution is 2.27. The molecule has 8 nitrogen and oxygen atoms in total. The molecule has 2 aromatic carbocycles.